The number of aldehydes is 1. The quantitative estimate of drug-likeness (QED) is 0.599. The molecule has 1 saturated carbocycles. The average Bonchev–Trinajstić information content (AvgIpc) is 3.00. The summed E-state index contributed by atoms with van der Waals surface area (Å²) < 4.78 is 0. The Kier molecular flexibility index (Phi) is 5.05. The highest BCUT2D eigenvalue weighted by Gasteiger charge is 2.40. The van der Waals surface area contributed by atoms with Gasteiger partial charge in [-0.2, -0.15) is 0 Å². The van der Waals surface area contributed by atoms with Gasteiger partial charge in [0.15, 0.2) is 0 Å². The molecule has 0 aliphatic heterocycles. The van der Waals surface area contributed by atoms with Crippen molar-refractivity contribution in [1.29, 1.82) is 0 Å². The number of rotatable bonds is 5. The fourth-order valence-electron chi connectivity index (χ4n) is 3.77. The maximum Gasteiger partial charge on any atom is 0.123 e. The van der Waals surface area contributed by atoms with E-state index in [9.17, 15) is 4.79 Å². The standard InChI is InChI=1S/C20H23OP/c1-2-16-13-14-20(19(16)15-21)22(17-9-5-3-6-10-17)18-11-7-4-8-12-18/h3-12,15-16,19-20H,2,13-14H2,1H3. The highest BCUT2D eigenvalue weighted by atomic mass is 31.1. The van der Waals surface area contributed by atoms with Crippen molar-refractivity contribution in [2.45, 2.75) is 31.8 Å². The van der Waals surface area contributed by atoms with Gasteiger partial charge in [0.05, 0.1) is 0 Å². The van der Waals surface area contributed by atoms with E-state index in [4.69, 9.17) is 0 Å². The van der Waals surface area contributed by atoms with Crippen molar-refractivity contribution in [2.24, 2.45) is 11.8 Å². The number of carbonyl (C=O) groups excluding carboxylic acids is 1. The molecule has 1 fully saturated rings. The van der Waals surface area contributed by atoms with Gasteiger partial charge in [0.25, 0.3) is 0 Å². The van der Waals surface area contributed by atoms with E-state index in [1.807, 2.05) is 0 Å². The van der Waals surface area contributed by atoms with Gasteiger partial charge in [0.2, 0.25) is 0 Å². The van der Waals surface area contributed by atoms with Crippen molar-refractivity contribution in [1.82, 2.24) is 0 Å². The Balaban J connectivity index is 2.01. The van der Waals surface area contributed by atoms with Crippen molar-refractivity contribution in [3.63, 3.8) is 0 Å². The lowest BCUT2D eigenvalue weighted by atomic mass is 9.95. The van der Waals surface area contributed by atoms with Gasteiger partial charge >= 0.3 is 0 Å². The van der Waals surface area contributed by atoms with Crippen molar-refractivity contribution in [3.8, 4) is 0 Å². The molecule has 22 heavy (non-hydrogen) atoms. The maximum absolute atomic E-state index is 11.8. The molecule has 1 aliphatic rings. The Labute approximate surface area is 134 Å². The van der Waals surface area contributed by atoms with Gasteiger partial charge in [0.1, 0.15) is 6.29 Å². The first kappa shape index (κ1) is 15.4. The van der Waals surface area contributed by atoms with Crippen LogP contribution in [0.2, 0.25) is 0 Å². The molecule has 0 bridgehead atoms. The van der Waals surface area contributed by atoms with E-state index < -0.39 is 7.92 Å². The zero-order valence-electron chi connectivity index (χ0n) is 13.1. The van der Waals surface area contributed by atoms with Gasteiger partial charge in [0, 0.05) is 5.92 Å². The minimum atomic E-state index is -0.461. The second kappa shape index (κ2) is 7.20. The molecule has 0 heterocycles. The van der Waals surface area contributed by atoms with Crippen molar-refractivity contribution >= 4 is 24.8 Å². The first-order chi connectivity index (χ1) is 10.8. The Morgan fingerprint density at radius 2 is 1.50 bits per heavy atom. The number of benzene rings is 2. The van der Waals surface area contributed by atoms with Crippen molar-refractivity contribution < 1.29 is 4.79 Å². The molecular formula is C20H23OP. The summed E-state index contributed by atoms with van der Waals surface area (Å²) >= 11 is 0. The van der Waals surface area contributed by atoms with Crippen LogP contribution in [-0.4, -0.2) is 11.9 Å². The molecule has 3 atom stereocenters. The lowest BCUT2D eigenvalue weighted by Gasteiger charge is -2.29. The summed E-state index contributed by atoms with van der Waals surface area (Å²) in [6.07, 6.45) is 4.74. The largest absolute Gasteiger partial charge is 0.303 e. The van der Waals surface area contributed by atoms with Crippen LogP contribution in [0, 0.1) is 11.8 Å². The van der Waals surface area contributed by atoms with Crippen molar-refractivity contribution in [3.05, 3.63) is 60.7 Å². The van der Waals surface area contributed by atoms with E-state index in [2.05, 4.69) is 67.6 Å². The van der Waals surface area contributed by atoms with E-state index in [0.717, 1.165) is 6.42 Å². The predicted octanol–water partition coefficient (Wildman–Crippen LogP) is 4.12. The van der Waals surface area contributed by atoms with Gasteiger partial charge in [-0.15, -0.1) is 0 Å². The Hall–Kier alpha value is -1.46. The Bertz CT molecular complexity index is 556. The minimum absolute atomic E-state index is 0.219. The van der Waals surface area contributed by atoms with E-state index in [-0.39, 0.29) is 5.92 Å². The van der Waals surface area contributed by atoms with Crippen molar-refractivity contribution in [2.75, 3.05) is 0 Å². The zero-order chi connectivity index (χ0) is 15.4. The summed E-state index contributed by atoms with van der Waals surface area (Å²) in [6.45, 7) is 2.22. The van der Waals surface area contributed by atoms with Crippen LogP contribution < -0.4 is 10.6 Å². The summed E-state index contributed by atoms with van der Waals surface area (Å²) in [5, 5.41) is 2.80. The zero-order valence-corrected chi connectivity index (χ0v) is 14.0. The molecule has 1 nitrogen and oxygen atoms in total. The van der Waals surface area contributed by atoms with E-state index in [1.165, 1.54) is 29.7 Å². The molecule has 0 N–H and O–H groups in total. The third kappa shape index (κ3) is 3.01. The molecule has 114 valence electrons. The molecular weight excluding hydrogens is 287 g/mol. The molecule has 2 heteroatoms. The molecule has 3 unspecified atom stereocenters. The van der Waals surface area contributed by atoms with Gasteiger partial charge < -0.3 is 4.79 Å². The highest BCUT2D eigenvalue weighted by molar-refractivity contribution is 7.73. The number of carbonyl (C=O) groups is 1. The normalized spacial score (nSPS) is 24.5. The Morgan fingerprint density at radius 3 is 1.95 bits per heavy atom. The fraction of sp³-hybridized carbons (Fsp3) is 0.350. The third-order valence-electron chi connectivity index (χ3n) is 4.90. The highest BCUT2D eigenvalue weighted by Crippen LogP contribution is 2.51. The van der Waals surface area contributed by atoms with Gasteiger partial charge in [-0.3, -0.25) is 0 Å². The van der Waals surface area contributed by atoms with Crippen LogP contribution in [0.4, 0.5) is 0 Å². The first-order valence-corrected chi connectivity index (χ1v) is 9.61. The number of hydrogen-bond donors (Lipinski definition) is 0. The van der Waals surface area contributed by atoms with Crippen LogP contribution in [0.25, 0.3) is 0 Å². The summed E-state index contributed by atoms with van der Waals surface area (Å²) in [5.41, 5.74) is 0.488. The lowest BCUT2D eigenvalue weighted by molar-refractivity contribution is -0.111. The topological polar surface area (TPSA) is 17.1 Å². The molecule has 3 rings (SSSR count). The second-order valence-electron chi connectivity index (χ2n) is 6.07. The van der Waals surface area contributed by atoms with Crippen LogP contribution in [-0.2, 0) is 4.79 Å². The van der Waals surface area contributed by atoms with Crippen LogP contribution in [0.15, 0.2) is 60.7 Å². The van der Waals surface area contributed by atoms with Crippen LogP contribution in [0.5, 0.6) is 0 Å². The SMILES string of the molecule is CCC1CCC(P(c2ccccc2)c2ccccc2)C1C=O. The molecule has 0 spiro atoms. The predicted molar refractivity (Wildman–Crippen MR) is 95.4 cm³/mol. The van der Waals surface area contributed by atoms with Crippen LogP contribution in [0.3, 0.4) is 0 Å². The average molecular weight is 310 g/mol. The molecule has 0 aromatic heterocycles. The summed E-state index contributed by atoms with van der Waals surface area (Å²) in [5.74, 6) is 0.788. The number of hydrogen-bond acceptors (Lipinski definition) is 1. The first-order valence-electron chi connectivity index (χ1n) is 8.19. The van der Waals surface area contributed by atoms with E-state index >= 15 is 0 Å². The summed E-state index contributed by atoms with van der Waals surface area (Å²) in [4.78, 5) is 11.8. The summed E-state index contributed by atoms with van der Waals surface area (Å²) in [7, 11) is -0.461. The molecule has 2 aromatic rings. The lowest BCUT2D eigenvalue weighted by Crippen LogP contribution is -2.27. The Morgan fingerprint density at radius 1 is 0.955 bits per heavy atom. The van der Waals surface area contributed by atoms with Crippen LogP contribution in [0.1, 0.15) is 26.2 Å². The van der Waals surface area contributed by atoms with Gasteiger partial charge in [-0.05, 0) is 42.9 Å². The monoisotopic (exact) mass is 310 g/mol. The third-order valence-corrected chi connectivity index (χ3v) is 7.88. The van der Waals surface area contributed by atoms with E-state index in [1.54, 1.807) is 0 Å². The van der Waals surface area contributed by atoms with Gasteiger partial charge in [-0.25, -0.2) is 0 Å². The summed E-state index contributed by atoms with van der Waals surface area (Å²) in [6, 6.07) is 21.6. The van der Waals surface area contributed by atoms with E-state index in [0.29, 0.717) is 11.6 Å². The maximum atomic E-state index is 11.8. The fourth-order valence-corrected chi connectivity index (χ4v) is 6.89. The molecule has 0 saturated heterocycles. The van der Waals surface area contributed by atoms with Gasteiger partial charge in [-0.1, -0.05) is 74.0 Å². The molecule has 0 amide bonds. The van der Waals surface area contributed by atoms with Crippen LogP contribution >= 0.6 is 7.92 Å². The second-order valence-corrected chi connectivity index (χ2v) is 8.50. The molecule has 2 aromatic carbocycles. The molecule has 0 radical (unpaired) electrons. The molecule has 1 aliphatic carbocycles. The smallest absolute Gasteiger partial charge is 0.123 e. The minimum Gasteiger partial charge on any atom is -0.303 e.